The lowest BCUT2D eigenvalue weighted by Crippen LogP contribution is -2.46. The normalized spacial score (nSPS) is 15.6. The van der Waals surface area contributed by atoms with E-state index in [1.807, 2.05) is 19.1 Å². The lowest BCUT2D eigenvalue weighted by molar-refractivity contribution is 0.245. The number of aryl methyl sites for hydroxylation is 1. The first-order chi connectivity index (χ1) is 12.0. The highest BCUT2D eigenvalue weighted by Gasteiger charge is 2.20. The number of nitrogens with zero attached hydrogens (tertiary/aromatic N) is 5. The maximum atomic E-state index is 5.21. The summed E-state index contributed by atoms with van der Waals surface area (Å²) < 4.78 is 5.21. The lowest BCUT2D eigenvalue weighted by Gasteiger charge is -2.35. The summed E-state index contributed by atoms with van der Waals surface area (Å²) in [4.78, 5) is 18.6. The van der Waals surface area contributed by atoms with Gasteiger partial charge in [0.2, 0.25) is 5.88 Å². The summed E-state index contributed by atoms with van der Waals surface area (Å²) >= 11 is 0. The first kappa shape index (κ1) is 17.6. The van der Waals surface area contributed by atoms with Crippen molar-refractivity contribution in [3.05, 3.63) is 41.5 Å². The quantitative estimate of drug-likeness (QED) is 0.833. The molecule has 0 saturated carbocycles. The maximum absolute atomic E-state index is 5.21. The van der Waals surface area contributed by atoms with E-state index in [9.17, 15) is 0 Å². The molecule has 3 rings (SSSR count). The summed E-state index contributed by atoms with van der Waals surface area (Å²) in [6, 6.07) is 8.02. The smallest absolute Gasteiger partial charge is 0.213 e. The van der Waals surface area contributed by atoms with E-state index in [1.165, 1.54) is 0 Å². The maximum Gasteiger partial charge on any atom is 0.213 e. The molecule has 3 heterocycles. The number of hydrogen-bond donors (Lipinski definition) is 0. The van der Waals surface area contributed by atoms with Crippen molar-refractivity contribution >= 4 is 5.82 Å². The van der Waals surface area contributed by atoms with E-state index in [-0.39, 0.29) is 0 Å². The minimum Gasteiger partial charge on any atom is -0.481 e. The highest BCUT2D eigenvalue weighted by Crippen LogP contribution is 2.19. The number of anilines is 1. The van der Waals surface area contributed by atoms with Crippen molar-refractivity contribution in [3.63, 3.8) is 0 Å². The van der Waals surface area contributed by atoms with Crippen molar-refractivity contribution < 1.29 is 4.74 Å². The van der Waals surface area contributed by atoms with Crippen LogP contribution in [0.25, 0.3) is 0 Å². The van der Waals surface area contributed by atoms with Crippen molar-refractivity contribution in [2.24, 2.45) is 0 Å². The fourth-order valence-electron chi connectivity index (χ4n) is 3.02. The van der Waals surface area contributed by atoms with E-state index in [2.05, 4.69) is 45.7 Å². The lowest BCUT2D eigenvalue weighted by atomic mass is 10.2. The van der Waals surface area contributed by atoms with Crippen LogP contribution in [0.5, 0.6) is 5.88 Å². The number of methoxy groups -OCH3 is 1. The average molecular weight is 341 g/mol. The van der Waals surface area contributed by atoms with Crippen LogP contribution >= 0.6 is 0 Å². The van der Waals surface area contributed by atoms with Crippen LogP contribution in [0.3, 0.4) is 0 Å². The Balaban J connectivity index is 1.62. The Morgan fingerprint density at radius 2 is 1.84 bits per heavy atom. The Hall–Kier alpha value is -2.21. The standard InChI is InChI=1S/C19H27N5O/c1-14(2)19-20-15(3)12-17(22-19)24-10-8-23(9-11-24)13-16-6-5-7-18(21-16)25-4/h5-7,12,14H,8-11,13H2,1-4H3. The van der Waals surface area contributed by atoms with Gasteiger partial charge < -0.3 is 9.64 Å². The van der Waals surface area contributed by atoms with Gasteiger partial charge in [0.1, 0.15) is 11.6 Å². The molecule has 0 radical (unpaired) electrons. The Morgan fingerprint density at radius 1 is 1.08 bits per heavy atom. The van der Waals surface area contributed by atoms with Crippen LogP contribution in [0, 0.1) is 6.92 Å². The van der Waals surface area contributed by atoms with Gasteiger partial charge in [0.25, 0.3) is 0 Å². The second-order valence-corrected chi connectivity index (χ2v) is 6.81. The molecule has 0 bridgehead atoms. The van der Waals surface area contributed by atoms with E-state index < -0.39 is 0 Å². The monoisotopic (exact) mass is 341 g/mol. The third kappa shape index (κ3) is 4.45. The average Bonchev–Trinajstić information content (AvgIpc) is 2.62. The second kappa shape index (κ2) is 7.78. The fraction of sp³-hybridized carbons (Fsp3) is 0.526. The number of rotatable bonds is 5. The fourth-order valence-corrected chi connectivity index (χ4v) is 3.02. The van der Waals surface area contributed by atoms with Gasteiger partial charge in [0.05, 0.1) is 12.8 Å². The Bertz CT molecular complexity index is 711. The first-order valence-electron chi connectivity index (χ1n) is 8.88. The summed E-state index contributed by atoms with van der Waals surface area (Å²) in [6.07, 6.45) is 0. The van der Waals surface area contributed by atoms with Crippen LogP contribution in [0.15, 0.2) is 24.3 Å². The van der Waals surface area contributed by atoms with Crippen molar-refractivity contribution in [1.82, 2.24) is 19.9 Å². The molecule has 6 nitrogen and oxygen atoms in total. The van der Waals surface area contributed by atoms with E-state index in [1.54, 1.807) is 7.11 Å². The van der Waals surface area contributed by atoms with E-state index in [0.717, 1.165) is 55.8 Å². The molecule has 2 aromatic heterocycles. The molecular formula is C19H27N5O. The van der Waals surface area contributed by atoms with Gasteiger partial charge in [-0.2, -0.15) is 0 Å². The molecule has 1 aliphatic rings. The first-order valence-corrected chi connectivity index (χ1v) is 8.88. The molecule has 134 valence electrons. The second-order valence-electron chi connectivity index (χ2n) is 6.81. The number of pyridine rings is 1. The molecule has 0 amide bonds. The van der Waals surface area contributed by atoms with Crippen LogP contribution in [0.2, 0.25) is 0 Å². The van der Waals surface area contributed by atoms with Gasteiger partial charge in [-0.15, -0.1) is 0 Å². The van der Waals surface area contributed by atoms with Gasteiger partial charge in [-0.05, 0) is 13.0 Å². The topological polar surface area (TPSA) is 54.4 Å². The summed E-state index contributed by atoms with van der Waals surface area (Å²) in [5.74, 6) is 3.00. The van der Waals surface area contributed by atoms with E-state index in [0.29, 0.717) is 11.8 Å². The molecule has 2 aromatic rings. The van der Waals surface area contributed by atoms with E-state index in [4.69, 9.17) is 9.72 Å². The molecule has 0 N–H and O–H groups in total. The highest BCUT2D eigenvalue weighted by molar-refractivity contribution is 5.40. The van der Waals surface area contributed by atoms with Gasteiger partial charge >= 0.3 is 0 Å². The molecule has 1 fully saturated rings. The molecule has 0 spiro atoms. The van der Waals surface area contributed by atoms with E-state index >= 15 is 0 Å². The molecule has 1 aliphatic heterocycles. The summed E-state index contributed by atoms with van der Waals surface area (Å²) in [5.41, 5.74) is 2.09. The zero-order valence-electron chi connectivity index (χ0n) is 15.6. The molecule has 1 saturated heterocycles. The van der Waals surface area contributed by atoms with Crippen molar-refractivity contribution in [3.8, 4) is 5.88 Å². The van der Waals surface area contributed by atoms with Gasteiger partial charge in [-0.3, -0.25) is 4.90 Å². The number of piperazine rings is 1. The minimum absolute atomic E-state index is 0.346. The summed E-state index contributed by atoms with van der Waals surface area (Å²) in [5, 5.41) is 0. The molecular weight excluding hydrogens is 314 g/mol. The van der Waals surface area contributed by atoms with Crippen molar-refractivity contribution in [2.75, 3.05) is 38.2 Å². The van der Waals surface area contributed by atoms with Crippen LogP contribution in [0.4, 0.5) is 5.82 Å². The van der Waals surface area contributed by atoms with Gasteiger partial charge in [0.15, 0.2) is 0 Å². The predicted octanol–water partition coefficient (Wildman–Crippen LogP) is 2.63. The molecule has 0 unspecified atom stereocenters. The van der Waals surface area contributed by atoms with Crippen LogP contribution in [-0.4, -0.2) is 53.1 Å². The predicted molar refractivity (Wildman–Crippen MR) is 99.1 cm³/mol. The van der Waals surface area contributed by atoms with Crippen LogP contribution in [0.1, 0.15) is 37.0 Å². The molecule has 0 aromatic carbocycles. The van der Waals surface area contributed by atoms with Crippen molar-refractivity contribution in [1.29, 1.82) is 0 Å². The number of hydrogen-bond acceptors (Lipinski definition) is 6. The minimum atomic E-state index is 0.346. The Morgan fingerprint density at radius 3 is 2.52 bits per heavy atom. The summed E-state index contributed by atoms with van der Waals surface area (Å²) in [6.45, 7) is 11.1. The van der Waals surface area contributed by atoms with Crippen LogP contribution in [-0.2, 0) is 6.54 Å². The third-order valence-corrected chi connectivity index (χ3v) is 4.45. The zero-order chi connectivity index (χ0) is 17.8. The van der Waals surface area contributed by atoms with Gasteiger partial charge in [-0.25, -0.2) is 15.0 Å². The third-order valence-electron chi connectivity index (χ3n) is 4.45. The molecule has 0 atom stereocenters. The highest BCUT2D eigenvalue weighted by atomic mass is 16.5. The van der Waals surface area contributed by atoms with Gasteiger partial charge in [0, 0.05) is 56.5 Å². The largest absolute Gasteiger partial charge is 0.481 e. The van der Waals surface area contributed by atoms with Crippen molar-refractivity contribution in [2.45, 2.75) is 33.2 Å². The SMILES string of the molecule is COc1cccc(CN2CCN(c3cc(C)nc(C(C)C)n3)CC2)n1. The Kier molecular flexibility index (Phi) is 5.48. The number of aromatic nitrogens is 3. The summed E-state index contributed by atoms with van der Waals surface area (Å²) in [7, 11) is 1.65. The van der Waals surface area contributed by atoms with Crippen LogP contribution < -0.4 is 9.64 Å². The number of ether oxygens (including phenoxy) is 1. The zero-order valence-corrected chi connectivity index (χ0v) is 15.6. The Labute approximate surface area is 149 Å². The molecule has 25 heavy (non-hydrogen) atoms. The molecule has 0 aliphatic carbocycles. The van der Waals surface area contributed by atoms with Gasteiger partial charge in [-0.1, -0.05) is 19.9 Å². The molecule has 6 heteroatoms.